The molecule has 0 bridgehead atoms. The molecule has 1 amide bonds. The van der Waals surface area contributed by atoms with Gasteiger partial charge in [-0.25, -0.2) is 4.39 Å². The van der Waals surface area contributed by atoms with Crippen molar-refractivity contribution in [1.82, 2.24) is 10.6 Å². The summed E-state index contributed by atoms with van der Waals surface area (Å²) in [7, 11) is 0. The molecule has 0 spiro atoms. The SMILES string of the molecule is CC(C)CNC(=O)CCNCc1ccc(O)c(F)c1. The van der Waals surface area contributed by atoms with Crippen LogP contribution in [0.15, 0.2) is 18.2 Å². The van der Waals surface area contributed by atoms with E-state index < -0.39 is 5.82 Å². The van der Waals surface area contributed by atoms with Crippen molar-refractivity contribution >= 4 is 5.91 Å². The first kappa shape index (κ1) is 15.4. The second-order valence-electron chi connectivity index (χ2n) is 4.91. The zero-order chi connectivity index (χ0) is 14.3. The van der Waals surface area contributed by atoms with Crippen molar-refractivity contribution in [1.29, 1.82) is 0 Å². The van der Waals surface area contributed by atoms with Gasteiger partial charge in [0.05, 0.1) is 0 Å². The molecule has 1 aromatic carbocycles. The average Bonchev–Trinajstić information content (AvgIpc) is 2.36. The largest absolute Gasteiger partial charge is 0.505 e. The number of carbonyl (C=O) groups excluding carboxylic acids is 1. The van der Waals surface area contributed by atoms with Crippen molar-refractivity contribution in [2.24, 2.45) is 5.92 Å². The van der Waals surface area contributed by atoms with Crippen molar-refractivity contribution in [3.63, 3.8) is 0 Å². The van der Waals surface area contributed by atoms with Crippen molar-refractivity contribution in [3.8, 4) is 5.75 Å². The lowest BCUT2D eigenvalue weighted by Crippen LogP contribution is -2.30. The molecular weight excluding hydrogens is 247 g/mol. The van der Waals surface area contributed by atoms with Gasteiger partial charge >= 0.3 is 0 Å². The molecule has 0 heterocycles. The standard InChI is InChI=1S/C14H21FN2O2/c1-10(2)8-17-14(19)5-6-16-9-11-3-4-13(18)12(15)7-11/h3-4,7,10,16,18H,5-6,8-9H2,1-2H3,(H,17,19). The van der Waals surface area contributed by atoms with Crippen LogP contribution in [0.1, 0.15) is 25.8 Å². The van der Waals surface area contributed by atoms with Crippen LogP contribution in [0.2, 0.25) is 0 Å². The molecule has 0 saturated heterocycles. The molecule has 1 rings (SSSR count). The molecule has 0 radical (unpaired) electrons. The Balaban J connectivity index is 2.20. The minimum absolute atomic E-state index is 0.0121. The van der Waals surface area contributed by atoms with E-state index in [1.807, 2.05) is 13.8 Å². The summed E-state index contributed by atoms with van der Waals surface area (Å²) in [6.45, 7) is 5.76. The summed E-state index contributed by atoms with van der Waals surface area (Å²) in [5, 5.41) is 14.9. The number of rotatable bonds is 7. The molecule has 4 nitrogen and oxygen atoms in total. The summed E-state index contributed by atoms with van der Waals surface area (Å²) < 4.78 is 13.1. The maximum Gasteiger partial charge on any atom is 0.221 e. The van der Waals surface area contributed by atoms with Crippen LogP contribution in [0.4, 0.5) is 4.39 Å². The summed E-state index contributed by atoms with van der Waals surface area (Å²) in [6, 6.07) is 4.24. The molecule has 0 atom stereocenters. The predicted octanol–water partition coefficient (Wildman–Crippen LogP) is 1.78. The van der Waals surface area contributed by atoms with Crippen LogP contribution in [0.5, 0.6) is 5.75 Å². The Bertz CT molecular complexity index is 422. The lowest BCUT2D eigenvalue weighted by Gasteiger charge is -2.08. The lowest BCUT2D eigenvalue weighted by atomic mass is 10.2. The van der Waals surface area contributed by atoms with Gasteiger partial charge in [0, 0.05) is 26.1 Å². The summed E-state index contributed by atoms with van der Waals surface area (Å²) >= 11 is 0. The van der Waals surface area contributed by atoms with Gasteiger partial charge in [-0.2, -0.15) is 0 Å². The second kappa shape index (κ2) is 7.74. The molecule has 0 aliphatic heterocycles. The van der Waals surface area contributed by atoms with E-state index in [0.29, 0.717) is 32.0 Å². The molecule has 3 N–H and O–H groups in total. The topological polar surface area (TPSA) is 61.4 Å². The van der Waals surface area contributed by atoms with E-state index >= 15 is 0 Å². The van der Waals surface area contributed by atoms with E-state index in [4.69, 9.17) is 5.11 Å². The Morgan fingerprint density at radius 3 is 2.79 bits per heavy atom. The van der Waals surface area contributed by atoms with Gasteiger partial charge in [-0.1, -0.05) is 19.9 Å². The van der Waals surface area contributed by atoms with Gasteiger partial charge in [0.15, 0.2) is 11.6 Å². The first-order valence-corrected chi connectivity index (χ1v) is 6.44. The number of aromatic hydroxyl groups is 1. The number of halogens is 1. The predicted molar refractivity (Wildman–Crippen MR) is 72.2 cm³/mol. The Morgan fingerprint density at radius 2 is 2.16 bits per heavy atom. The highest BCUT2D eigenvalue weighted by molar-refractivity contribution is 5.76. The average molecular weight is 268 g/mol. The third kappa shape index (κ3) is 6.20. The van der Waals surface area contributed by atoms with E-state index in [-0.39, 0.29) is 11.7 Å². The van der Waals surface area contributed by atoms with Crippen molar-refractivity contribution in [2.75, 3.05) is 13.1 Å². The Labute approximate surface area is 113 Å². The lowest BCUT2D eigenvalue weighted by molar-refractivity contribution is -0.121. The summed E-state index contributed by atoms with van der Waals surface area (Å²) in [5.74, 6) is -0.527. The first-order valence-electron chi connectivity index (χ1n) is 6.44. The van der Waals surface area contributed by atoms with Crippen LogP contribution in [0, 0.1) is 11.7 Å². The van der Waals surface area contributed by atoms with Gasteiger partial charge in [-0.15, -0.1) is 0 Å². The highest BCUT2D eigenvalue weighted by Crippen LogP contribution is 2.15. The van der Waals surface area contributed by atoms with Crippen LogP contribution >= 0.6 is 0 Å². The Kier molecular flexibility index (Phi) is 6.29. The Hall–Kier alpha value is -1.62. The van der Waals surface area contributed by atoms with Crippen LogP contribution in [-0.4, -0.2) is 24.1 Å². The van der Waals surface area contributed by atoms with E-state index in [1.54, 1.807) is 6.07 Å². The summed E-state index contributed by atoms with van der Waals surface area (Å²) in [4.78, 5) is 11.4. The van der Waals surface area contributed by atoms with Gasteiger partial charge in [-0.05, 0) is 23.6 Å². The normalized spacial score (nSPS) is 10.7. The molecule has 5 heteroatoms. The fraction of sp³-hybridized carbons (Fsp3) is 0.500. The molecule has 1 aromatic rings. The van der Waals surface area contributed by atoms with Gasteiger partial charge in [-0.3, -0.25) is 4.79 Å². The number of benzene rings is 1. The monoisotopic (exact) mass is 268 g/mol. The minimum Gasteiger partial charge on any atom is -0.505 e. The fourth-order valence-electron chi connectivity index (χ4n) is 1.50. The zero-order valence-corrected chi connectivity index (χ0v) is 11.4. The summed E-state index contributed by atoms with van der Waals surface area (Å²) in [6.07, 6.45) is 0.396. The van der Waals surface area contributed by atoms with E-state index in [2.05, 4.69) is 10.6 Å². The van der Waals surface area contributed by atoms with Gasteiger partial charge in [0.1, 0.15) is 0 Å². The van der Waals surface area contributed by atoms with Crippen molar-refractivity contribution < 1.29 is 14.3 Å². The van der Waals surface area contributed by atoms with Crippen LogP contribution in [-0.2, 0) is 11.3 Å². The third-order valence-electron chi connectivity index (χ3n) is 2.58. The first-order chi connectivity index (χ1) is 8.99. The molecule has 106 valence electrons. The summed E-state index contributed by atoms with van der Waals surface area (Å²) in [5.41, 5.74) is 0.734. The Morgan fingerprint density at radius 1 is 1.42 bits per heavy atom. The van der Waals surface area contributed by atoms with Crippen LogP contribution < -0.4 is 10.6 Å². The molecule has 0 aliphatic rings. The number of nitrogens with one attached hydrogen (secondary N) is 2. The maximum absolute atomic E-state index is 13.1. The zero-order valence-electron chi connectivity index (χ0n) is 11.4. The second-order valence-corrected chi connectivity index (χ2v) is 4.91. The van der Waals surface area contributed by atoms with Crippen LogP contribution in [0.25, 0.3) is 0 Å². The molecule has 0 unspecified atom stereocenters. The van der Waals surface area contributed by atoms with Gasteiger partial charge < -0.3 is 15.7 Å². The molecule has 0 fully saturated rings. The molecule has 0 aromatic heterocycles. The molecular formula is C14H21FN2O2. The molecule has 0 aliphatic carbocycles. The van der Waals surface area contributed by atoms with Crippen molar-refractivity contribution in [3.05, 3.63) is 29.6 Å². The van der Waals surface area contributed by atoms with E-state index in [1.165, 1.54) is 12.1 Å². The number of amides is 1. The number of hydrogen-bond acceptors (Lipinski definition) is 3. The van der Waals surface area contributed by atoms with E-state index in [0.717, 1.165) is 5.56 Å². The fourth-order valence-corrected chi connectivity index (χ4v) is 1.50. The quantitative estimate of drug-likeness (QED) is 0.661. The smallest absolute Gasteiger partial charge is 0.221 e. The van der Waals surface area contributed by atoms with Gasteiger partial charge in [0.2, 0.25) is 5.91 Å². The highest BCUT2D eigenvalue weighted by Gasteiger charge is 2.03. The highest BCUT2D eigenvalue weighted by atomic mass is 19.1. The third-order valence-corrected chi connectivity index (χ3v) is 2.58. The van der Waals surface area contributed by atoms with Crippen molar-refractivity contribution in [2.45, 2.75) is 26.8 Å². The number of carbonyl (C=O) groups is 1. The minimum atomic E-state index is -0.631. The van der Waals surface area contributed by atoms with E-state index in [9.17, 15) is 9.18 Å². The molecule has 0 saturated carbocycles. The van der Waals surface area contributed by atoms with Gasteiger partial charge in [0.25, 0.3) is 0 Å². The number of phenolic OH excluding ortho intramolecular Hbond substituents is 1. The van der Waals surface area contributed by atoms with Crippen LogP contribution in [0.3, 0.4) is 0 Å². The molecule has 19 heavy (non-hydrogen) atoms. The number of phenols is 1. The number of hydrogen-bond donors (Lipinski definition) is 3. The maximum atomic E-state index is 13.1.